The first-order valence-electron chi connectivity index (χ1n) is 8.51. The number of para-hydroxylation sites is 2. The molecule has 4 rings (SSSR count). The van der Waals surface area contributed by atoms with E-state index in [1.807, 2.05) is 36.4 Å². The summed E-state index contributed by atoms with van der Waals surface area (Å²) in [5.41, 5.74) is 3.18. The normalized spacial score (nSPS) is 13.7. The van der Waals surface area contributed by atoms with Gasteiger partial charge in [-0.25, -0.2) is 0 Å². The predicted octanol–water partition coefficient (Wildman–Crippen LogP) is 5.42. The van der Waals surface area contributed by atoms with Crippen molar-refractivity contribution in [1.29, 1.82) is 0 Å². The maximum atomic E-state index is 10.6. The topological polar surface area (TPSA) is 35.5 Å². The van der Waals surface area contributed by atoms with Gasteiger partial charge in [0.05, 0.1) is 24.0 Å². The molecule has 2 N–H and O–H groups in total. The van der Waals surface area contributed by atoms with Crippen molar-refractivity contribution in [2.24, 2.45) is 0 Å². The van der Waals surface area contributed by atoms with Crippen molar-refractivity contribution in [3.63, 3.8) is 0 Å². The van der Waals surface area contributed by atoms with Gasteiger partial charge in [0.15, 0.2) is 0 Å². The molecule has 0 radical (unpaired) electrons. The molecule has 5 heteroatoms. The summed E-state index contributed by atoms with van der Waals surface area (Å²) in [6.07, 6.45) is -0.529. The fraction of sp³-hybridized carbons (Fsp3) is 0.143. The molecule has 0 bridgehead atoms. The van der Waals surface area contributed by atoms with Gasteiger partial charge in [0.1, 0.15) is 0 Å². The van der Waals surface area contributed by atoms with E-state index in [4.69, 9.17) is 11.6 Å². The van der Waals surface area contributed by atoms with Crippen LogP contribution in [0.3, 0.4) is 0 Å². The van der Waals surface area contributed by atoms with E-state index in [-0.39, 0.29) is 0 Å². The average Bonchev–Trinajstić information content (AvgIpc) is 2.66. The van der Waals surface area contributed by atoms with E-state index in [2.05, 4.69) is 46.6 Å². The summed E-state index contributed by atoms with van der Waals surface area (Å²) in [6.45, 7) is 0.969. The molecular weight excluding hydrogens is 364 g/mol. The van der Waals surface area contributed by atoms with Gasteiger partial charge in [-0.1, -0.05) is 53.7 Å². The third-order valence-corrected chi connectivity index (χ3v) is 5.66. The van der Waals surface area contributed by atoms with Crippen LogP contribution < -0.4 is 10.2 Å². The van der Waals surface area contributed by atoms with Gasteiger partial charge in [0.25, 0.3) is 0 Å². The van der Waals surface area contributed by atoms with Crippen LogP contribution >= 0.6 is 23.4 Å². The number of aliphatic hydroxyl groups is 1. The highest BCUT2D eigenvalue weighted by atomic mass is 35.5. The van der Waals surface area contributed by atoms with Crippen molar-refractivity contribution in [1.82, 2.24) is 0 Å². The Hall–Kier alpha value is -2.14. The fourth-order valence-corrected chi connectivity index (χ4v) is 4.37. The van der Waals surface area contributed by atoms with Crippen molar-refractivity contribution >= 4 is 40.4 Å². The van der Waals surface area contributed by atoms with Gasteiger partial charge in [0, 0.05) is 27.0 Å². The Kier molecular flexibility index (Phi) is 5.07. The first kappa shape index (κ1) is 17.3. The Morgan fingerprint density at radius 1 is 0.923 bits per heavy atom. The lowest BCUT2D eigenvalue weighted by Crippen LogP contribution is -2.34. The fourth-order valence-electron chi connectivity index (χ4n) is 3.09. The maximum absolute atomic E-state index is 10.6. The highest BCUT2D eigenvalue weighted by molar-refractivity contribution is 7.99. The molecule has 1 aliphatic rings. The number of benzene rings is 3. The number of nitrogens with zero attached hydrogens (tertiary/aromatic N) is 1. The van der Waals surface area contributed by atoms with Crippen LogP contribution in [-0.2, 0) is 0 Å². The summed E-state index contributed by atoms with van der Waals surface area (Å²) in [5.74, 6) is 0. The minimum atomic E-state index is -0.529. The summed E-state index contributed by atoms with van der Waals surface area (Å²) >= 11 is 7.79. The zero-order valence-electron chi connectivity index (χ0n) is 14.1. The molecule has 3 aromatic rings. The van der Waals surface area contributed by atoms with E-state index in [9.17, 15) is 5.11 Å². The summed E-state index contributed by atoms with van der Waals surface area (Å²) in [4.78, 5) is 4.62. The molecule has 132 valence electrons. The van der Waals surface area contributed by atoms with Gasteiger partial charge in [-0.2, -0.15) is 0 Å². The van der Waals surface area contributed by atoms with Crippen LogP contribution in [0.5, 0.6) is 0 Å². The Bertz CT molecular complexity index is 872. The van der Waals surface area contributed by atoms with Crippen LogP contribution in [0, 0.1) is 0 Å². The van der Waals surface area contributed by atoms with Gasteiger partial charge in [-0.3, -0.25) is 0 Å². The first-order valence-corrected chi connectivity index (χ1v) is 9.71. The van der Waals surface area contributed by atoms with E-state index in [0.717, 1.165) is 17.1 Å². The van der Waals surface area contributed by atoms with E-state index in [1.54, 1.807) is 11.8 Å². The van der Waals surface area contributed by atoms with Crippen molar-refractivity contribution in [3.8, 4) is 0 Å². The molecule has 0 spiro atoms. The average molecular weight is 383 g/mol. The largest absolute Gasteiger partial charge is 0.389 e. The smallest absolute Gasteiger partial charge is 0.0891 e. The summed E-state index contributed by atoms with van der Waals surface area (Å²) < 4.78 is 0. The van der Waals surface area contributed by atoms with Crippen molar-refractivity contribution in [2.75, 3.05) is 23.3 Å². The van der Waals surface area contributed by atoms with E-state index in [0.29, 0.717) is 18.1 Å². The number of fused-ring (bicyclic) bond motifs is 2. The number of nitrogens with one attached hydrogen (secondary N) is 1. The second-order valence-corrected chi connectivity index (χ2v) is 7.71. The number of hydrogen-bond acceptors (Lipinski definition) is 4. The van der Waals surface area contributed by atoms with E-state index >= 15 is 0 Å². The van der Waals surface area contributed by atoms with Crippen LogP contribution in [0.2, 0.25) is 5.02 Å². The molecule has 0 amide bonds. The standard InChI is InChI=1S/C21H19ClN2OS/c22-15-6-5-7-16(12-15)23-13-17(25)14-24-18-8-1-3-10-20(18)26-21-11-4-2-9-19(21)24/h1-12,17,23,25H,13-14H2. The van der Waals surface area contributed by atoms with Crippen molar-refractivity contribution < 1.29 is 5.11 Å². The highest BCUT2D eigenvalue weighted by Crippen LogP contribution is 2.47. The number of anilines is 3. The highest BCUT2D eigenvalue weighted by Gasteiger charge is 2.24. The van der Waals surface area contributed by atoms with Crippen LogP contribution in [0.4, 0.5) is 17.1 Å². The van der Waals surface area contributed by atoms with Crippen LogP contribution in [0.25, 0.3) is 0 Å². The Balaban J connectivity index is 1.52. The predicted molar refractivity (Wildman–Crippen MR) is 110 cm³/mol. The lowest BCUT2D eigenvalue weighted by Gasteiger charge is -2.34. The lowest BCUT2D eigenvalue weighted by molar-refractivity contribution is 0.195. The molecule has 3 nitrogen and oxygen atoms in total. The molecule has 1 unspecified atom stereocenters. The van der Waals surface area contributed by atoms with Crippen LogP contribution in [-0.4, -0.2) is 24.3 Å². The monoisotopic (exact) mass is 382 g/mol. The lowest BCUT2D eigenvalue weighted by atomic mass is 10.2. The van der Waals surface area contributed by atoms with Gasteiger partial charge in [0.2, 0.25) is 0 Å². The molecule has 3 aromatic carbocycles. The third-order valence-electron chi connectivity index (χ3n) is 4.29. The molecule has 0 saturated carbocycles. The molecule has 1 atom stereocenters. The summed E-state index contributed by atoms with van der Waals surface area (Å²) in [6, 6.07) is 24.2. The number of β-amino-alcohol motifs (C(OH)–C–C–N with tert-alkyl or cyclic N) is 1. The number of aliphatic hydroxyl groups excluding tert-OH is 1. The molecule has 0 fully saturated rings. The van der Waals surface area contributed by atoms with Gasteiger partial charge < -0.3 is 15.3 Å². The van der Waals surface area contributed by atoms with Crippen molar-refractivity contribution in [3.05, 3.63) is 77.8 Å². The van der Waals surface area contributed by atoms with Crippen LogP contribution in [0.15, 0.2) is 82.6 Å². The van der Waals surface area contributed by atoms with Gasteiger partial charge in [-0.15, -0.1) is 0 Å². The van der Waals surface area contributed by atoms with E-state index in [1.165, 1.54) is 9.79 Å². The molecule has 0 aliphatic carbocycles. The molecule has 1 aliphatic heterocycles. The molecule has 0 aromatic heterocycles. The van der Waals surface area contributed by atoms with E-state index < -0.39 is 6.10 Å². The molecular formula is C21H19ClN2OS. The Morgan fingerprint density at radius 3 is 2.23 bits per heavy atom. The molecule has 1 heterocycles. The maximum Gasteiger partial charge on any atom is 0.0891 e. The summed E-state index contributed by atoms with van der Waals surface area (Å²) in [5, 5.41) is 14.6. The number of hydrogen-bond donors (Lipinski definition) is 2. The van der Waals surface area contributed by atoms with Gasteiger partial charge in [-0.05, 0) is 42.5 Å². The number of rotatable bonds is 5. The minimum absolute atomic E-state index is 0.453. The Labute approximate surface area is 162 Å². The second-order valence-electron chi connectivity index (χ2n) is 6.19. The minimum Gasteiger partial charge on any atom is -0.389 e. The Morgan fingerprint density at radius 2 is 1.58 bits per heavy atom. The second kappa shape index (κ2) is 7.62. The molecule has 26 heavy (non-hydrogen) atoms. The zero-order chi connectivity index (χ0) is 17.9. The van der Waals surface area contributed by atoms with Crippen molar-refractivity contribution in [2.45, 2.75) is 15.9 Å². The molecule has 0 saturated heterocycles. The van der Waals surface area contributed by atoms with Gasteiger partial charge >= 0.3 is 0 Å². The SMILES string of the molecule is OC(CNc1cccc(Cl)c1)CN1c2ccccc2Sc2ccccc21. The zero-order valence-corrected chi connectivity index (χ0v) is 15.7. The first-order chi connectivity index (χ1) is 12.7. The third kappa shape index (κ3) is 3.68. The quantitative estimate of drug-likeness (QED) is 0.618. The number of halogens is 1. The van der Waals surface area contributed by atoms with Crippen LogP contribution in [0.1, 0.15) is 0 Å². The summed E-state index contributed by atoms with van der Waals surface area (Å²) in [7, 11) is 0.